The summed E-state index contributed by atoms with van der Waals surface area (Å²) < 4.78 is 6.29. The number of methoxy groups -OCH3 is 1. The molecule has 8 N–H and O–H groups in total. The number of imidazole rings is 1. The molecule has 0 atom stereocenters. The molecule has 0 aliphatic carbocycles. The molecule has 0 aromatic carbocycles. The number of hydrogen-bond donors (Lipinski definition) is 5. The van der Waals surface area contributed by atoms with Crippen LogP contribution < -0.4 is 33.3 Å². The van der Waals surface area contributed by atoms with Gasteiger partial charge in [-0.2, -0.15) is 9.97 Å². The van der Waals surface area contributed by atoms with Crippen LogP contribution in [0.25, 0.3) is 11.2 Å². The van der Waals surface area contributed by atoms with Gasteiger partial charge in [-0.05, 0) is 6.42 Å². The van der Waals surface area contributed by atoms with Crippen LogP contribution in [0.2, 0.25) is 0 Å². The van der Waals surface area contributed by atoms with Crippen LogP contribution in [0.3, 0.4) is 0 Å². The van der Waals surface area contributed by atoms with E-state index in [0.717, 1.165) is 11.8 Å². The lowest BCUT2D eigenvalue weighted by atomic mass is 10.3. The number of aromatic amines is 2. The zero-order valence-electron chi connectivity index (χ0n) is 17.5. The summed E-state index contributed by atoms with van der Waals surface area (Å²) in [7, 11) is 1.47. The van der Waals surface area contributed by atoms with Crippen molar-refractivity contribution < 1.29 is 9.53 Å². The van der Waals surface area contributed by atoms with Crippen molar-refractivity contribution in [2.24, 2.45) is 0 Å². The van der Waals surface area contributed by atoms with Crippen LogP contribution in [-0.4, -0.2) is 61.4 Å². The predicted molar refractivity (Wildman–Crippen MR) is 121 cm³/mol. The minimum absolute atomic E-state index is 0.0169. The zero-order valence-corrected chi connectivity index (χ0v) is 18.4. The van der Waals surface area contributed by atoms with Crippen LogP contribution in [0, 0.1) is 0 Å². The highest BCUT2D eigenvalue weighted by molar-refractivity contribution is 7.99. The number of fused-ring (bicyclic) bond motifs is 1. The van der Waals surface area contributed by atoms with Crippen molar-refractivity contribution in [1.29, 1.82) is 0 Å². The Kier molecular flexibility index (Phi) is 6.99. The minimum atomic E-state index is -0.753. The van der Waals surface area contributed by atoms with E-state index in [4.69, 9.17) is 21.9 Å². The molecule has 32 heavy (non-hydrogen) atoms. The number of hydrogen-bond acceptors (Lipinski definition) is 11. The molecule has 15 heteroatoms. The molecule has 0 fully saturated rings. The number of nitrogen functional groups attached to an aromatic ring is 3. The van der Waals surface area contributed by atoms with E-state index in [1.165, 1.54) is 16.6 Å². The number of aromatic nitrogens is 6. The molecular weight excluding hydrogens is 440 g/mol. The normalized spacial score (nSPS) is 11.2. The third-order valence-corrected chi connectivity index (χ3v) is 5.32. The second kappa shape index (κ2) is 9.69. The summed E-state index contributed by atoms with van der Waals surface area (Å²) in [6, 6.07) is 0. The number of nitrogens with zero attached hydrogens (tertiary/aromatic N) is 5. The van der Waals surface area contributed by atoms with Crippen LogP contribution in [0.15, 0.2) is 14.7 Å². The summed E-state index contributed by atoms with van der Waals surface area (Å²) in [6.07, 6.45) is 0.611. The summed E-state index contributed by atoms with van der Waals surface area (Å²) in [4.78, 5) is 56.2. The molecule has 3 aromatic rings. The molecule has 0 bridgehead atoms. The quantitative estimate of drug-likeness (QED) is 0.245. The molecule has 0 saturated carbocycles. The van der Waals surface area contributed by atoms with Crippen molar-refractivity contribution in [2.75, 3.05) is 48.1 Å². The van der Waals surface area contributed by atoms with E-state index in [2.05, 4.69) is 24.9 Å². The number of ether oxygens (including phenoxy) is 1. The largest absolute Gasteiger partial charge is 0.383 e. The second-order valence-corrected chi connectivity index (χ2v) is 7.64. The molecule has 0 unspecified atom stereocenters. The molecular formula is C17H24N10O4S. The average Bonchev–Trinajstić information content (AvgIpc) is 3.14. The zero-order chi connectivity index (χ0) is 23.4. The van der Waals surface area contributed by atoms with E-state index in [0.29, 0.717) is 23.6 Å². The summed E-state index contributed by atoms with van der Waals surface area (Å²) in [5.41, 5.74) is 16.7. The molecule has 172 valence electrons. The van der Waals surface area contributed by atoms with Gasteiger partial charge in [-0.1, -0.05) is 18.7 Å². The first-order chi connectivity index (χ1) is 15.3. The van der Waals surface area contributed by atoms with E-state index < -0.39 is 17.2 Å². The Hall–Kier alpha value is -3.59. The SMILES string of the molecule is CCCn1c(N)c(N(CCOC)C(=O)CSc2nc3nc(N)nc(N)c3[nH]2)c(=O)[nH]c1=O. The monoisotopic (exact) mass is 464 g/mol. The van der Waals surface area contributed by atoms with Gasteiger partial charge in [0.05, 0.1) is 12.4 Å². The molecule has 3 aromatic heterocycles. The first-order valence-electron chi connectivity index (χ1n) is 9.60. The lowest BCUT2D eigenvalue weighted by Crippen LogP contribution is -2.43. The first-order valence-corrected chi connectivity index (χ1v) is 10.6. The number of carbonyl (C=O) groups is 1. The highest BCUT2D eigenvalue weighted by atomic mass is 32.2. The van der Waals surface area contributed by atoms with E-state index in [-0.39, 0.29) is 47.8 Å². The number of H-pyrrole nitrogens is 2. The number of carbonyl (C=O) groups excluding carboxylic acids is 1. The van der Waals surface area contributed by atoms with Crippen molar-refractivity contribution in [3.63, 3.8) is 0 Å². The van der Waals surface area contributed by atoms with Gasteiger partial charge in [-0.25, -0.2) is 9.78 Å². The van der Waals surface area contributed by atoms with Crippen LogP contribution in [-0.2, 0) is 16.1 Å². The molecule has 1 amide bonds. The van der Waals surface area contributed by atoms with Crippen LogP contribution >= 0.6 is 11.8 Å². The highest BCUT2D eigenvalue weighted by Crippen LogP contribution is 2.24. The van der Waals surface area contributed by atoms with E-state index in [1.807, 2.05) is 6.92 Å². The standard InChI is InChI=1S/C17H24N10O4S/c1-3-4-27-12(19)10(14(29)25-17(27)30)26(5-6-31-2)8(28)7-32-16-21-9-11(18)22-15(20)23-13(9)24-16/h3-7,19H2,1-2H3,(H,25,29,30)(H5,18,20,21,22,23,24). The van der Waals surface area contributed by atoms with Crippen LogP contribution in [0.1, 0.15) is 13.3 Å². The van der Waals surface area contributed by atoms with Gasteiger partial charge >= 0.3 is 5.69 Å². The minimum Gasteiger partial charge on any atom is -0.383 e. The average molecular weight is 465 g/mol. The maximum absolute atomic E-state index is 13.1. The molecule has 14 nitrogen and oxygen atoms in total. The molecule has 0 radical (unpaired) electrons. The summed E-state index contributed by atoms with van der Waals surface area (Å²) >= 11 is 1.07. The fourth-order valence-electron chi connectivity index (χ4n) is 3.02. The number of amides is 1. The molecule has 3 rings (SSSR count). The molecule has 0 aliphatic rings. The topological polar surface area (TPSA) is 217 Å². The van der Waals surface area contributed by atoms with Crippen LogP contribution in [0.4, 0.5) is 23.3 Å². The number of nitrogens with two attached hydrogens (primary N) is 3. The predicted octanol–water partition coefficient (Wildman–Crippen LogP) is -0.869. The maximum atomic E-state index is 13.1. The summed E-state index contributed by atoms with van der Waals surface area (Å²) in [5.74, 6) is -0.505. The Bertz CT molecular complexity index is 1250. The Labute approximate surface area is 185 Å². The van der Waals surface area contributed by atoms with E-state index in [1.54, 1.807) is 0 Å². The fourth-order valence-corrected chi connectivity index (χ4v) is 3.76. The van der Waals surface area contributed by atoms with Gasteiger partial charge in [0.1, 0.15) is 11.3 Å². The smallest absolute Gasteiger partial charge is 0.330 e. The second-order valence-electron chi connectivity index (χ2n) is 6.68. The van der Waals surface area contributed by atoms with Gasteiger partial charge in [-0.15, -0.1) is 0 Å². The van der Waals surface area contributed by atoms with Gasteiger partial charge in [0.2, 0.25) is 11.9 Å². The Morgan fingerprint density at radius 2 is 1.94 bits per heavy atom. The van der Waals surface area contributed by atoms with Gasteiger partial charge in [0.25, 0.3) is 5.56 Å². The lowest BCUT2D eigenvalue weighted by Gasteiger charge is -2.24. The van der Waals surface area contributed by atoms with Gasteiger partial charge in [0.15, 0.2) is 22.3 Å². The number of anilines is 4. The van der Waals surface area contributed by atoms with Crippen molar-refractivity contribution in [1.82, 2.24) is 29.5 Å². The van der Waals surface area contributed by atoms with E-state index in [9.17, 15) is 14.4 Å². The molecule has 3 heterocycles. The number of nitrogens with one attached hydrogen (secondary N) is 2. The van der Waals surface area contributed by atoms with Crippen molar-refractivity contribution >= 4 is 52.1 Å². The molecule has 0 spiro atoms. The maximum Gasteiger partial charge on any atom is 0.330 e. The van der Waals surface area contributed by atoms with E-state index >= 15 is 0 Å². The Balaban J connectivity index is 1.89. The highest BCUT2D eigenvalue weighted by Gasteiger charge is 2.24. The number of thioether (sulfide) groups is 1. The van der Waals surface area contributed by atoms with Crippen molar-refractivity contribution in [2.45, 2.75) is 25.0 Å². The third-order valence-electron chi connectivity index (χ3n) is 4.46. The molecule has 0 saturated heterocycles. The Morgan fingerprint density at radius 1 is 1.19 bits per heavy atom. The fraction of sp³-hybridized carbons (Fsp3) is 0.412. The van der Waals surface area contributed by atoms with Crippen molar-refractivity contribution in [3.05, 3.63) is 20.8 Å². The van der Waals surface area contributed by atoms with Crippen LogP contribution in [0.5, 0.6) is 0 Å². The number of rotatable bonds is 9. The molecule has 0 aliphatic heterocycles. The Morgan fingerprint density at radius 3 is 2.62 bits per heavy atom. The van der Waals surface area contributed by atoms with Gasteiger partial charge in [0, 0.05) is 20.2 Å². The van der Waals surface area contributed by atoms with Gasteiger partial charge < -0.3 is 31.8 Å². The van der Waals surface area contributed by atoms with Gasteiger partial charge in [-0.3, -0.25) is 19.1 Å². The lowest BCUT2D eigenvalue weighted by molar-refractivity contribution is -0.116. The first kappa shape index (κ1) is 23.1. The van der Waals surface area contributed by atoms with Crippen molar-refractivity contribution in [3.8, 4) is 0 Å². The summed E-state index contributed by atoms with van der Waals surface area (Å²) in [6.45, 7) is 2.36. The summed E-state index contributed by atoms with van der Waals surface area (Å²) in [5, 5.41) is 0.365. The third kappa shape index (κ3) is 4.67.